The summed E-state index contributed by atoms with van der Waals surface area (Å²) in [5.41, 5.74) is 3.50. The topological polar surface area (TPSA) is 49.4 Å². The summed E-state index contributed by atoms with van der Waals surface area (Å²) in [6, 6.07) is 20.5. The van der Waals surface area contributed by atoms with Crippen LogP contribution in [0.3, 0.4) is 0 Å². The summed E-state index contributed by atoms with van der Waals surface area (Å²) in [5.74, 6) is -1.08. The summed E-state index contributed by atoms with van der Waals surface area (Å²) in [7, 11) is 0. The second-order valence-corrected chi connectivity index (χ2v) is 7.70. The highest BCUT2D eigenvalue weighted by molar-refractivity contribution is 6.36. The van der Waals surface area contributed by atoms with Gasteiger partial charge in [0.15, 0.2) is 0 Å². The largest absolute Gasteiger partial charge is 0.350 e. The molecule has 1 aliphatic heterocycles. The van der Waals surface area contributed by atoms with Crippen molar-refractivity contribution in [3.63, 3.8) is 0 Å². The fourth-order valence-electron chi connectivity index (χ4n) is 3.54. The zero-order valence-corrected chi connectivity index (χ0v) is 17.6. The molecule has 31 heavy (non-hydrogen) atoms. The quantitative estimate of drug-likeness (QED) is 0.541. The SMILES string of the molecule is Cc1c(Cl)cccc1NC1=C(c2ccccc2)C(=O)N(CCc2ccc(F)cc2)C1=O. The lowest BCUT2D eigenvalue weighted by Gasteiger charge is -2.16. The minimum absolute atomic E-state index is 0.194. The van der Waals surface area contributed by atoms with E-state index < -0.39 is 5.91 Å². The first-order chi connectivity index (χ1) is 15.0. The molecule has 0 aromatic heterocycles. The van der Waals surface area contributed by atoms with Crippen LogP contribution in [0.5, 0.6) is 0 Å². The van der Waals surface area contributed by atoms with Crippen LogP contribution < -0.4 is 5.32 Å². The predicted molar refractivity (Wildman–Crippen MR) is 120 cm³/mol. The Morgan fingerprint density at radius 2 is 1.61 bits per heavy atom. The average molecular weight is 435 g/mol. The first kappa shape index (κ1) is 20.8. The van der Waals surface area contributed by atoms with Crippen molar-refractivity contribution in [2.75, 3.05) is 11.9 Å². The lowest BCUT2D eigenvalue weighted by molar-refractivity contribution is -0.136. The van der Waals surface area contributed by atoms with E-state index in [2.05, 4.69) is 5.32 Å². The lowest BCUT2D eigenvalue weighted by atomic mass is 10.0. The Morgan fingerprint density at radius 1 is 0.903 bits per heavy atom. The van der Waals surface area contributed by atoms with Gasteiger partial charge < -0.3 is 5.32 Å². The van der Waals surface area contributed by atoms with Gasteiger partial charge in [0.05, 0.1) is 5.57 Å². The van der Waals surface area contributed by atoms with E-state index in [9.17, 15) is 14.0 Å². The Hall–Kier alpha value is -3.44. The first-order valence-corrected chi connectivity index (χ1v) is 10.3. The van der Waals surface area contributed by atoms with E-state index in [4.69, 9.17) is 11.6 Å². The third-order valence-electron chi connectivity index (χ3n) is 5.30. The molecule has 0 aliphatic carbocycles. The van der Waals surface area contributed by atoms with Crippen molar-refractivity contribution in [2.24, 2.45) is 0 Å². The molecule has 1 aliphatic rings. The van der Waals surface area contributed by atoms with Crippen LogP contribution in [0.4, 0.5) is 10.1 Å². The van der Waals surface area contributed by atoms with Crippen LogP contribution in [0.1, 0.15) is 16.7 Å². The number of hydrogen-bond acceptors (Lipinski definition) is 3. The highest BCUT2D eigenvalue weighted by Crippen LogP contribution is 2.32. The highest BCUT2D eigenvalue weighted by atomic mass is 35.5. The molecule has 0 saturated heterocycles. The summed E-state index contributed by atoms with van der Waals surface area (Å²) in [6.45, 7) is 2.04. The molecule has 0 fully saturated rings. The number of nitrogens with zero attached hydrogens (tertiary/aromatic N) is 1. The molecule has 4 rings (SSSR count). The number of benzene rings is 3. The van der Waals surface area contributed by atoms with Gasteiger partial charge in [0, 0.05) is 17.3 Å². The highest BCUT2D eigenvalue weighted by Gasteiger charge is 2.39. The van der Waals surface area contributed by atoms with Crippen molar-refractivity contribution in [1.82, 2.24) is 4.90 Å². The molecular weight excluding hydrogens is 415 g/mol. The van der Waals surface area contributed by atoms with Gasteiger partial charge in [-0.15, -0.1) is 0 Å². The number of carbonyl (C=O) groups excluding carboxylic acids is 2. The van der Waals surface area contributed by atoms with Crippen LogP contribution in [0.15, 0.2) is 78.5 Å². The molecule has 3 aromatic rings. The van der Waals surface area contributed by atoms with Crippen LogP contribution in [-0.4, -0.2) is 23.3 Å². The number of imide groups is 1. The van der Waals surface area contributed by atoms with Crippen molar-refractivity contribution in [2.45, 2.75) is 13.3 Å². The Balaban J connectivity index is 1.67. The summed E-state index contributed by atoms with van der Waals surface area (Å²) in [5, 5.41) is 3.71. The van der Waals surface area contributed by atoms with Crippen LogP contribution >= 0.6 is 11.6 Å². The first-order valence-electron chi connectivity index (χ1n) is 9.88. The zero-order chi connectivity index (χ0) is 22.0. The molecule has 3 aromatic carbocycles. The molecule has 0 bridgehead atoms. The number of rotatable bonds is 6. The maximum atomic E-state index is 13.3. The summed E-state index contributed by atoms with van der Waals surface area (Å²) in [6.07, 6.45) is 0.434. The van der Waals surface area contributed by atoms with E-state index in [1.54, 1.807) is 36.4 Å². The number of carbonyl (C=O) groups is 2. The fraction of sp³-hybridized carbons (Fsp3) is 0.120. The van der Waals surface area contributed by atoms with Crippen molar-refractivity contribution in [3.05, 3.63) is 106 Å². The van der Waals surface area contributed by atoms with Gasteiger partial charge in [-0.2, -0.15) is 0 Å². The molecule has 0 unspecified atom stereocenters. The maximum absolute atomic E-state index is 13.3. The molecular formula is C25H20ClFN2O2. The second kappa shape index (κ2) is 8.74. The van der Waals surface area contributed by atoms with Gasteiger partial charge in [-0.25, -0.2) is 4.39 Å². The maximum Gasteiger partial charge on any atom is 0.278 e. The summed E-state index contributed by atoms with van der Waals surface area (Å²) >= 11 is 6.23. The van der Waals surface area contributed by atoms with Gasteiger partial charge in [0.25, 0.3) is 11.8 Å². The third-order valence-corrected chi connectivity index (χ3v) is 5.70. The third kappa shape index (κ3) is 4.23. The Kier molecular flexibility index (Phi) is 5.87. The molecule has 156 valence electrons. The number of anilines is 1. The molecule has 4 nitrogen and oxygen atoms in total. The van der Waals surface area contributed by atoms with Crippen LogP contribution in [0, 0.1) is 12.7 Å². The predicted octanol–water partition coefficient (Wildman–Crippen LogP) is 5.22. The Morgan fingerprint density at radius 3 is 2.32 bits per heavy atom. The van der Waals surface area contributed by atoms with Crippen molar-refractivity contribution in [3.8, 4) is 0 Å². The molecule has 6 heteroatoms. The normalized spacial score (nSPS) is 13.8. The lowest BCUT2D eigenvalue weighted by Crippen LogP contribution is -2.34. The summed E-state index contributed by atoms with van der Waals surface area (Å²) < 4.78 is 13.2. The van der Waals surface area contributed by atoms with Gasteiger partial charge in [0.1, 0.15) is 11.5 Å². The molecule has 0 atom stereocenters. The van der Waals surface area contributed by atoms with Gasteiger partial charge in [0.2, 0.25) is 0 Å². The summed E-state index contributed by atoms with van der Waals surface area (Å²) in [4.78, 5) is 27.8. The van der Waals surface area contributed by atoms with Gasteiger partial charge in [-0.1, -0.05) is 60.1 Å². The van der Waals surface area contributed by atoms with Crippen molar-refractivity contribution < 1.29 is 14.0 Å². The molecule has 0 saturated carbocycles. The number of amides is 2. The number of halogens is 2. The zero-order valence-electron chi connectivity index (χ0n) is 16.9. The van der Waals surface area contributed by atoms with E-state index in [0.717, 1.165) is 11.1 Å². The van der Waals surface area contributed by atoms with Crippen molar-refractivity contribution in [1.29, 1.82) is 0 Å². The molecule has 2 amide bonds. The van der Waals surface area contributed by atoms with Gasteiger partial charge in [-0.3, -0.25) is 14.5 Å². The Bertz CT molecular complexity index is 1170. The van der Waals surface area contributed by atoms with Crippen molar-refractivity contribution >= 4 is 34.7 Å². The standard InChI is InChI=1S/C25H20ClFN2O2/c1-16-20(26)8-5-9-21(16)28-23-22(18-6-3-2-4-7-18)24(30)29(25(23)31)15-14-17-10-12-19(27)13-11-17/h2-13,28H,14-15H2,1H3. The van der Waals surface area contributed by atoms with Gasteiger partial charge in [-0.05, 0) is 54.3 Å². The monoisotopic (exact) mass is 434 g/mol. The average Bonchev–Trinajstić information content (AvgIpc) is 3.01. The minimum Gasteiger partial charge on any atom is -0.350 e. The second-order valence-electron chi connectivity index (χ2n) is 7.29. The number of nitrogens with one attached hydrogen (secondary N) is 1. The molecule has 1 heterocycles. The van der Waals surface area contributed by atoms with E-state index in [-0.39, 0.29) is 24.0 Å². The smallest absolute Gasteiger partial charge is 0.278 e. The van der Waals surface area contributed by atoms with E-state index in [1.165, 1.54) is 17.0 Å². The number of hydrogen-bond donors (Lipinski definition) is 1. The van der Waals surface area contributed by atoms with Crippen LogP contribution in [0.25, 0.3) is 5.57 Å². The van der Waals surface area contributed by atoms with E-state index in [0.29, 0.717) is 28.3 Å². The molecule has 1 N–H and O–H groups in total. The van der Waals surface area contributed by atoms with E-state index in [1.807, 2.05) is 31.2 Å². The van der Waals surface area contributed by atoms with Gasteiger partial charge >= 0.3 is 0 Å². The van der Waals surface area contributed by atoms with Crippen LogP contribution in [-0.2, 0) is 16.0 Å². The van der Waals surface area contributed by atoms with E-state index >= 15 is 0 Å². The fourth-order valence-corrected chi connectivity index (χ4v) is 3.71. The van der Waals surface area contributed by atoms with Crippen LogP contribution in [0.2, 0.25) is 5.02 Å². The Labute approximate surface area is 185 Å². The minimum atomic E-state index is -0.398. The molecule has 0 radical (unpaired) electrons. The molecule has 0 spiro atoms.